The molecular weight excluding hydrogens is 274 g/mol. The number of amides is 1. The van der Waals surface area contributed by atoms with Crippen LogP contribution in [0.2, 0.25) is 5.02 Å². The summed E-state index contributed by atoms with van der Waals surface area (Å²) in [5.41, 5.74) is 1.88. The van der Waals surface area contributed by atoms with Crippen LogP contribution in [0.5, 0.6) is 0 Å². The second-order valence-corrected chi connectivity index (χ2v) is 4.70. The SMILES string of the molecule is O=C(CCNc1ccccc1Cl)NCc1ccncc1. The Morgan fingerprint density at radius 1 is 1.15 bits per heavy atom. The van der Waals surface area contributed by atoms with Crippen LogP contribution in [0.4, 0.5) is 5.69 Å². The van der Waals surface area contributed by atoms with E-state index in [0.29, 0.717) is 24.5 Å². The highest BCUT2D eigenvalue weighted by Gasteiger charge is 2.02. The Bertz CT molecular complexity index is 560. The topological polar surface area (TPSA) is 54.0 Å². The number of rotatable bonds is 6. The number of para-hydroxylation sites is 1. The Labute approximate surface area is 123 Å². The first-order chi connectivity index (χ1) is 9.75. The summed E-state index contributed by atoms with van der Waals surface area (Å²) in [5.74, 6) is 0.00126. The molecule has 2 rings (SSSR count). The number of aromatic nitrogens is 1. The highest BCUT2D eigenvalue weighted by atomic mass is 35.5. The van der Waals surface area contributed by atoms with Crippen molar-refractivity contribution < 1.29 is 4.79 Å². The zero-order chi connectivity index (χ0) is 14.2. The van der Waals surface area contributed by atoms with Gasteiger partial charge in [-0.25, -0.2) is 0 Å². The first-order valence-electron chi connectivity index (χ1n) is 6.40. The molecule has 4 nitrogen and oxygen atoms in total. The van der Waals surface area contributed by atoms with Gasteiger partial charge in [0.15, 0.2) is 0 Å². The molecule has 0 bridgehead atoms. The minimum Gasteiger partial charge on any atom is -0.383 e. The van der Waals surface area contributed by atoms with E-state index in [1.165, 1.54) is 0 Å². The van der Waals surface area contributed by atoms with Crippen LogP contribution in [0.3, 0.4) is 0 Å². The standard InChI is InChI=1S/C15H16ClN3O/c16-13-3-1-2-4-14(13)18-10-7-15(20)19-11-12-5-8-17-9-6-12/h1-6,8-9,18H,7,10-11H2,(H,19,20). The average molecular weight is 290 g/mol. The van der Waals surface area contributed by atoms with Crippen LogP contribution in [0.25, 0.3) is 0 Å². The Kier molecular flexibility index (Phi) is 5.38. The van der Waals surface area contributed by atoms with Crippen molar-refractivity contribution in [1.29, 1.82) is 0 Å². The molecule has 2 N–H and O–H groups in total. The van der Waals surface area contributed by atoms with E-state index in [1.54, 1.807) is 12.4 Å². The monoisotopic (exact) mass is 289 g/mol. The molecule has 0 aliphatic heterocycles. The van der Waals surface area contributed by atoms with Gasteiger partial charge in [0.2, 0.25) is 5.91 Å². The minimum absolute atomic E-state index is 0.00126. The van der Waals surface area contributed by atoms with E-state index in [0.717, 1.165) is 11.3 Å². The quantitative estimate of drug-likeness (QED) is 0.860. The van der Waals surface area contributed by atoms with E-state index in [4.69, 9.17) is 11.6 Å². The molecule has 0 saturated heterocycles. The first kappa shape index (κ1) is 14.3. The van der Waals surface area contributed by atoms with Crippen molar-refractivity contribution in [3.05, 3.63) is 59.4 Å². The third-order valence-corrected chi connectivity index (χ3v) is 3.11. The molecule has 0 aliphatic rings. The van der Waals surface area contributed by atoms with Gasteiger partial charge < -0.3 is 10.6 Å². The van der Waals surface area contributed by atoms with Crippen molar-refractivity contribution in [1.82, 2.24) is 10.3 Å². The van der Waals surface area contributed by atoms with Crippen LogP contribution in [-0.4, -0.2) is 17.4 Å². The van der Waals surface area contributed by atoms with Gasteiger partial charge in [-0.05, 0) is 29.8 Å². The number of hydrogen-bond donors (Lipinski definition) is 2. The maximum absolute atomic E-state index is 11.7. The predicted molar refractivity (Wildman–Crippen MR) is 80.6 cm³/mol. The fourth-order valence-electron chi connectivity index (χ4n) is 1.70. The lowest BCUT2D eigenvalue weighted by Gasteiger charge is -2.08. The number of carbonyl (C=O) groups excluding carboxylic acids is 1. The second-order valence-electron chi connectivity index (χ2n) is 4.29. The summed E-state index contributed by atoms with van der Waals surface area (Å²) in [4.78, 5) is 15.6. The van der Waals surface area contributed by atoms with Crippen LogP contribution in [0, 0.1) is 0 Å². The molecule has 0 spiro atoms. The van der Waals surface area contributed by atoms with Gasteiger partial charge >= 0.3 is 0 Å². The lowest BCUT2D eigenvalue weighted by atomic mass is 10.2. The average Bonchev–Trinajstić information content (AvgIpc) is 2.48. The van der Waals surface area contributed by atoms with Gasteiger partial charge in [-0.3, -0.25) is 9.78 Å². The van der Waals surface area contributed by atoms with Crippen molar-refractivity contribution in [3.8, 4) is 0 Å². The summed E-state index contributed by atoms with van der Waals surface area (Å²) in [6.45, 7) is 1.07. The Morgan fingerprint density at radius 3 is 2.65 bits per heavy atom. The van der Waals surface area contributed by atoms with Crippen LogP contribution in [0.15, 0.2) is 48.8 Å². The third kappa shape index (κ3) is 4.55. The van der Waals surface area contributed by atoms with Gasteiger partial charge in [0.05, 0.1) is 10.7 Å². The zero-order valence-corrected chi connectivity index (χ0v) is 11.7. The molecule has 2 aromatic rings. The van der Waals surface area contributed by atoms with Gasteiger partial charge in [0.1, 0.15) is 0 Å². The second kappa shape index (κ2) is 7.50. The Morgan fingerprint density at radius 2 is 1.90 bits per heavy atom. The molecule has 0 saturated carbocycles. The molecule has 0 unspecified atom stereocenters. The summed E-state index contributed by atoms with van der Waals surface area (Å²) in [6, 6.07) is 11.2. The molecule has 5 heteroatoms. The van der Waals surface area contributed by atoms with Gasteiger partial charge in [0, 0.05) is 31.9 Å². The van der Waals surface area contributed by atoms with Crippen molar-refractivity contribution >= 4 is 23.2 Å². The lowest BCUT2D eigenvalue weighted by molar-refractivity contribution is -0.121. The van der Waals surface area contributed by atoms with E-state index in [9.17, 15) is 4.79 Å². The Hall–Kier alpha value is -2.07. The lowest BCUT2D eigenvalue weighted by Crippen LogP contribution is -2.24. The van der Waals surface area contributed by atoms with Crippen LogP contribution < -0.4 is 10.6 Å². The molecule has 104 valence electrons. The fourth-order valence-corrected chi connectivity index (χ4v) is 1.91. The molecule has 1 amide bonds. The third-order valence-electron chi connectivity index (χ3n) is 2.78. The number of nitrogens with one attached hydrogen (secondary N) is 2. The van der Waals surface area contributed by atoms with E-state index in [2.05, 4.69) is 15.6 Å². The highest BCUT2D eigenvalue weighted by Crippen LogP contribution is 2.19. The normalized spacial score (nSPS) is 10.1. The first-order valence-corrected chi connectivity index (χ1v) is 6.77. The van der Waals surface area contributed by atoms with E-state index >= 15 is 0 Å². The molecule has 0 radical (unpaired) electrons. The van der Waals surface area contributed by atoms with Gasteiger partial charge in [0.25, 0.3) is 0 Å². The van der Waals surface area contributed by atoms with Crippen molar-refractivity contribution in [2.75, 3.05) is 11.9 Å². The minimum atomic E-state index is 0.00126. The van der Waals surface area contributed by atoms with Gasteiger partial charge in [-0.1, -0.05) is 23.7 Å². The molecule has 20 heavy (non-hydrogen) atoms. The molecule has 0 fully saturated rings. The van der Waals surface area contributed by atoms with Crippen molar-refractivity contribution in [2.24, 2.45) is 0 Å². The van der Waals surface area contributed by atoms with Crippen molar-refractivity contribution in [3.63, 3.8) is 0 Å². The van der Waals surface area contributed by atoms with Crippen LogP contribution in [0.1, 0.15) is 12.0 Å². The van der Waals surface area contributed by atoms with Crippen molar-refractivity contribution in [2.45, 2.75) is 13.0 Å². The summed E-state index contributed by atoms with van der Waals surface area (Å²) in [7, 11) is 0. The molecule has 0 atom stereocenters. The number of carbonyl (C=O) groups is 1. The van der Waals surface area contributed by atoms with E-state index < -0.39 is 0 Å². The summed E-state index contributed by atoms with van der Waals surface area (Å²) < 4.78 is 0. The molecule has 1 aromatic carbocycles. The van der Waals surface area contributed by atoms with E-state index in [-0.39, 0.29) is 5.91 Å². The number of nitrogens with zero attached hydrogens (tertiary/aromatic N) is 1. The molecular formula is C15H16ClN3O. The smallest absolute Gasteiger partial charge is 0.222 e. The zero-order valence-electron chi connectivity index (χ0n) is 11.0. The van der Waals surface area contributed by atoms with Crippen LogP contribution in [-0.2, 0) is 11.3 Å². The maximum Gasteiger partial charge on any atom is 0.222 e. The largest absolute Gasteiger partial charge is 0.383 e. The number of halogens is 1. The molecule has 1 heterocycles. The summed E-state index contributed by atoms with van der Waals surface area (Å²) in [5, 5.41) is 6.66. The summed E-state index contributed by atoms with van der Waals surface area (Å²) in [6.07, 6.45) is 3.82. The highest BCUT2D eigenvalue weighted by molar-refractivity contribution is 6.33. The number of benzene rings is 1. The number of anilines is 1. The van der Waals surface area contributed by atoms with Gasteiger partial charge in [-0.15, -0.1) is 0 Å². The van der Waals surface area contributed by atoms with Crippen LogP contribution >= 0.6 is 11.6 Å². The predicted octanol–water partition coefficient (Wildman–Crippen LogP) is 2.85. The maximum atomic E-state index is 11.7. The molecule has 1 aromatic heterocycles. The molecule has 0 aliphatic carbocycles. The number of hydrogen-bond acceptors (Lipinski definition) is 3. The van der Waals surface area contributed by atoms with E-state index in [1.807, 2.05) is 36.4 Å². The number of pyridine rings is 1. The van der Waals surface area contributed by atoms with Gasteiger partial charge in [-0.2, -0.15) is 0 Å². The fraction of sp³-hybridized carbons (Fsp3) is 0.200. The Balaban J connectivity index is 1.69. The summed E-state index contributed by atoms with van der Waals surface area (Å²) >= 11 is 6.01.